The van der Waals surface area contributed by atoms with E-state index in [4.69, 9.17) is 18.9 Å². The molecular weight excluding hydrogens is 574 g/mol. The summed E-state index contributed by atoms with van der Waals surface area (Å²) < 4.78 is 21.6. The van der Waals surface area contributed by atoms with E-state index in [2.05, 4.69) is 34.5 Å². The van der Waals surface area contributed by atoms with Crippen LogP contribution in [0.1, 0.15) is 37.4 Å². The minimum atomic E-state index is -0.617. The van der Waals surface area contributed by atoms with Crippen LogP contribution in [0, 0.1) is 5.92 Å². The number of benzene rings is 3. The van der Waals surface area contributed by atoms with E-state index >= 15 is 0 Å². The number of morpholine rings is 1. The Labute approximate surface area is 264 Å². The van der Waals surface area contributed by atoms with Crippen molar-refractivity contribution in [1.82, 2.24) is 15.1 Å². The van der Waals surface area contributed by atoms with Gasteiger partial charge in [0.25, 0.3) is 11.8 Å². The van der Waals surface area contributed by atoms with Crippen LogP contribution in [-0.4, -0.2) is 94.3 Å². The molecule has 5 rings (SSSR count). The first-order valence-corrected chi connectivity index (χ1v) is 15.2. The van der Waals surface area contributed by atoms with Gasteiger partial charge in [0.2, 0.25) is 0 Å². The molecule has 1 heterocycles. The van der Waals surface area contributed by atoms with Gasteiger partial charge >= 0.3 is 5.97 Å². The zero-order valence-electron chi connectivity index (χ0n) is 26.1. The van der Waals surface area contributed by atoms with Crippen LogP contribution in [0.25, 0.3) is 0 Å². The largest absolute Gasteiger partial charge is 0.497 e. The molecular formula is C35H41N3O7. The predicted molar refractivity (Wildman–Crippen MR) is 169 cm³/mol. The normalized spacial score (nSPS) is 15.3. The molecule has 1 aliphatic heterocycles. The molecule has 2 aliphatic rings. The lowest BCUT2D eigenvalue weighted by molar-refractivity contribution is -0.146. The highest BCUT2D eigenvalue weighted by Crippen LogP contribution is 2.31. The first-order chi connectivity index (χ1) is 21.9. The molecule has 1 aliphatic carbocycles. The van der Waals surface area contributed by atoms with Crippen molar-refractivity contribution >= 4 is 17.8 Å². The van der Waals surface area contributed by atoms with Gasteiger partial charge in [-0.1, -0.05) is 30.3 Å². The van der Waals surface area contributed by atoms with E-state index in [1.54, 1.807) is 43.4 Å². The fraction of sp³-hybridized carbons (Fsp3) is 0.400. The van der Waals surface area contributed by atoms with Crippen LogP contribution >= 0.6 is 0 Å². The molecule has 0 saturated carbocycles. The third-order valence-corrected chi connectivity index (χ3v) is 8.60. The summed E-state index contributed by atoms with van der Waals surface area (Å²) in [5.41, 5.74) is 4.49. The smallest absolute Gasteiger partial charge is 0.311 e. The quantitative estimate of drug-likeness (QED) is 0.309. The lowest BCUT2D eigenvalue weighted by atomic mass is 10.0. The number of nitrogens with one attached hydrogen (secondary N) is 1. The fourth-order valence-corrected chi connectivity index (χ4v) is 6.04. The Morgan fingerprint density at radius 1 is 0.911 bits per heavy atom. The maximum absolute atomic E-state index is 13.2. The van der Waals surface area contributed by atoms with Gasteiger partial charge in [0.05, 0.1) is 40.5 Å². The van der Waals surface area contributed by atoms with Crippen LogP contribution in [0.15, 0.2) is 66.7 Å². The minimum Gasteiger partial charge on any atom is -0.497 e. The molecule has 0 bridgehead atoms. The molecule has 45 heavy (non-hydrogen) atoms. The summed E-state index contributed by atoms with van der Waals surface area (Å²) in [6.45, 7) is 3.13. The summed E-state index contributed by atoms with van der Waals surface area (Å²) in [5.74, 6) is -0.0278. The summed E-state index contributed by atoms with van der Waals surface area (Å²) in [7, 11) is 4.61. The molecule has 1 saturated heterocycles. The van der Waals surface area contributed by atoms with E-state index in [1.165, 1.54) is 18.2 Å². The standard InChI is InChI=1S/C35H41N3O7/c1-42-31-13-12-28(32(20-31)43-2)22-38(30-18-26-6-4-5-7-27(26)19-30)23-29(35(41)44-3)21-36-33(39)24-8-10-25(11-9-24)34(40)37-14-16-45-17-15-37/h4-13,20,29-30H,14-19,21-23H2,1-3H3,(H,36,39). The second kappa shape index (κ2) is 15.0. The summed E-state index contributed by atoms with van der Waals surface area (Å²) in [6, 6.07) is 20.9. The molecule has 10 heteroatoms. The number of methoxy groups -OCH3 is 3. The number of hydrogen-bond acceptors (Lipinski definition) is 8. The Hall–Kier alpha value is -4.41. The van der Waals surface area contributed by atoms with E-state index in [9.17, 15) is 14.4 Å². The first kappa shape index (κ1) is 32.0. The first-order valence-electron chi connectivity index (χ1n) is 15.2. The lowest BCUT2D eigenvalue weighted by Crippen LogP contribution is -2.45. The number of fused-ring (bicyclic) bond motifs is 1. The molecule has 1 unspecified atom stereocenters. The maximum Gasteiger partial charge on any atom is 0.311 e. The molecule has 3 aromatic rings. The zero-order chi connectivity index (χ0) is 31.8. The van der Waals surface area contributed by atoms with Crippen molar-refractivity contribution in [2.75, 3.05) is 60.7 Å². The lowest BCUT2D eigenvalue weighted by Gasteiger charge is -2.32. The number of carbonyl (C=O) groups is 3. The summed E-state index contributed by atoms with van der Waals surface area (Å²) in [4.78, 5) is 43.0. The van der Waals surface area contributed by atoms with Crippen LogP contribution in [-0.2, 0) is 33.7 Å². The highest BCUT2D eigenvalue weighted by atomic mass is 16.5. The number of nitrogens with zero attached hydrogens (tertiary/aromatic N) is 2. The summed E-state index contributed by atoms with van der Waals surface area (Å²) in [6.07, 6.45) is 1.70. The van der Waals surface area contributed by atoms with Crippen LogP contribution in [0.3, 0.4) is 0 Å². The molecule has 10 nitrogen and oxygen atoms in total. The average Bonchev–Trinajstić information content (AvgIpc) is 3.53. The van der Waals surface area contributed by atoms with Gasteiger partial charge in [0.15, 0.2) is 0 Å². The second-order valence-corrected chi connectivity index (χ2v) is 11.4. The molecule has 2 amide bonds. The number of esters is 1. The van der Waals surface area contributed by atoms with Crippen molar-refractivity contribution in [2.24, 2.45) is 5.92 Å². The van der Waals surface area contributed by atoms with Gasteiger partial charge < -0.3 is 29.2 Å². The molecule has 0 aromatic heterocycles. The Bertz CT molecular complexity index is 1460. The number of amides is 2. The van der Waals surface area contributed by atoms with E-state index in [1.807, 2.05) is 18.2 Å². The van der Waals surface area contributed by atoms with E-state index in [0.717, 1.165) is 18.4 Å². The summed E-state index contributed by atoms with van der Waals surface area (Å²) in [5, 5.41) is 2.92. The average molecular weight is 616 g/mol. The van der Waals surface area contributed by atoms with Crippen LogP contribution < -0.4 is 14.8 Å². The van der Waals surface area contributed by atoms with Gasteiger partial charge in [-0.15, -0.1) is 0 Å². The Morgan fingerprint density at radius 2 is 1.58 bits per heavy atom. The van der Waals surface area contributed by atoms with Gasteiger partial charge in [0.1, 0.15) is 11.5 Å². The third-order valence-electron chi connectivity index (χ3n) is 8.60. The van der Waals surface area contributed by atoms with Crippen molar-refractivity contribution in [3.63, 3.8) is 0 Å². The van der Waals surface area contributed by atoms with E-state index < -0.39 is 11.9 Å². The van der Waals surface area contributed by atoms with Crippen LogP contribution in [0.5, 0.6) is 11.5 Å². The van der Waals surface area contributed by atoms with Gasteiger partial charge in [0, 0.05) is 61.5 Å². The molecule has 1 atom stereocenters. The van der Waals surface area contributed by atoms with Gasteiger partial charge in [-0.05, 0) is 54.3 Å². The zero-order valence-corrected chi connectivity index (χ0v) is 26.1. The van der Waals surface area contributed by atoms with Gasteiger partial charge in [-0.2, -0.15) is 0 Å². The molecule has 3 aromatic carbocycles. The SMILES string of the molecule is COC(=O)C(CNC(=O)c1ccc(C(=O)N2CCOCC2)cc1)CN(Cc1ccc(OC)cc1OC)C1Cc2ccccc2C1. The number of hydrogen-bond donors (Lipinski definition) is 1. The number of ether oxygens (including phenoxy) is 4. The fourth-order valence-electron chi connectivity index (χ4n) is 6.04. The molecule has 1 fully saturated rings. The second-order valence-electron chi connectivity index (χ2n) is 11.4. The molecule has 238 valence electrons. The Kier molecular flexibility index (Phi) is 10.7. The monoisotopic (exact) mass is 615 g/mol. The maximum atomic E-state index is 13.2. The predicted octanol–water partition coefficient (Wildman–Crippen LogP) is 3.36. The number of carbonyl (C=O) groups excluding carboxylic acids is 3. The van der Waals surface area contributed by atoms with Crippen molar-refractivity contribution in [3.8, 4) is 11.5 Å². The highest BCUT2D eigenvalue weighted by molar-refractivity contribution is 5.98. The third kappa shape index (κ3) is 7.82. The Balaban J connectivity index is 1.29. The van der Waals surface area contributed by atoms with Crippen LogP contribution in [0.4, 0.5) is 0 Å². The minimum absolute atomic E-state index is 0.0846. The van der Waals surface area contributed by atoms with Gasteiger partial charge in [-0.3, -0.25) is 19.3 Å². The number of rotatable bonds is 12. The van der Waals surface area contributed by atoms with Gasteiger partial charge in [-0.25, -0.2) is 0 Å². The van der Waals surface area contributed by atoms with Crippen molar-refractivity contribution < 1.29 is 33.3 Å². The van der Waals surface area contributed by atoms with Crippen LogP contribution in [0.2, 0.25) is 0 Å². The topological polar surface area (TPSA) is 107 Å². The molecule has 0 spiro atoms. The van der Waals surface area contributed by atoms with Crippen molar-refractivity contribution in [1.29, 1.82) is 0 Å². The molecule has 0 radical (unpaired) electrons. The summed E-state index contributed by atoms with van der Waals surface area (Å²) >= 11 is 0. The highest BCUT2D eigenvalue weighted by Gasteiger charge is 2.32. The molecule has 1 N–H and O–H groups in total. The van der Waals surface area contributed by atoms with Crippen molar-refractivity contribution in [2.45, 2.75) is 25.4 Å². The van der Waals surface area contributed by atoms with E-state index in [0.29, 0.717) is 62.0 Å². The van der Waals surface area contributed by atoms with Crippen molar-refractivity contribution in [3.05, 3.63) is 94.5 Å². The Morgan fingerprint density at radius 3 is 2.20 bits per heavy atom. The van der Waals surface area contributed by atoms with E-state index in [-0.39, 0.29) is 24.4 Å².